The molecular formula is C15H13ClN4O3. The summed E-state index contributed by atoms with van der Waals surface area (Å²) >= 11 is 5.75. The molecule has 0 aliphatic rings. The first-order chi connectivity index (χ1) is 11.0. The quantitative estimate of drug-likeness (QED) is 0.506. The Labute approximate surface area is 137 Å². The molecule has 2 N–H and O–H groups in total. The van der Waals surface area contributed by atoms with E-state index < -0.39 is 11.0 Å². The summed E-state index contributed by atoms with van der Waals surface area (Å²) in [6, 6.07) is 12.7. The molecule has 118 valence electrons. The Morgan fingerprint density at radius 3 is 2.57 bits per heavy atom. The predicted molar refractivity (Wildman–Crippen MR) is 88.9 cm³/mol. The lowest BCUT2D eigenvalue weighted by molar-refractivity contribution is -0.384. The summed E-state index contributed by atoms with van der Waals surface area (Å²) in [5.74, 6) is 0. The molecule has 0 aromatic heterocycles. The number of carbonyl (C=O) groups is 1. The highest BCUT2D eigenvalue weighted by Crippen LogP contribution is 2.25. The number of urea groups is 1. The second kappa shape index (κ2) is 7.37. The number of halogens is 1. The smallest absolute Gasteiger partial charge is 0.307 e. The Morgan fingerprint density at radius 1 is 1.22 bits per heavy atom. The van der Waals surface area contributed by atoms with Crippen molar-refractivity contribution in [2.24, 2.45) is 5.10 Å². The Kier molecular flexibility index (Phi) is 5.27. The van der Waals surface area contributed by atoms with Gasteiger partial charge in [-0.2, -0.15) is 5.10 Å². The van der Waals surface area contributed by atoms with Crippen molar-refractivity contribution in [2.75, 3.05) is 5.32 Å². The molecule has 2 aromatic carbocycles. The standard InChI is InChI=1S/C15H13ClN4O3/c1-10(11-7-8-13(16)14(9-11)20(22)23)18-19-15(21)17-12-5-3-2-4-6-12/h2-9H,1H3,(H2,17,19,21)/b18-10-. The number of rotatable bonds is 4. The van der Waals surface area contributed by atoms with Gasteiger partial charge in [-0.25, -0.2) is 10.2 Å². The Bertz CT molecular complexity index is 763. The molecule has 0 aliphatic carbocycles. The average molecular weight is 333 g/mol. The number of benzene rings is 2. The van der Waals surface area contributed by atoms with Gasteiger partial charge in [-0.1, -0.05) is 35.9 Å². The van der Waals surface area contributed by atoms with Gasteiger partial charge in [0.1, 0.15) is 5.02 Å². The van der Waals surface area contributed by atoms with Gasteiger partial charge < -0.3 is 5.32 Å². The number of anilines is 1. The number of hydrazone groups is 1. The fourth-order valence-corrected chi connectivity index (χ4v) is 1.94. The number of amides is 2. The first-order valence-corrected chi connectivity index (χ1v) is 6.96. The highest BCUT2D eigenvalue weighted by atomic mass is 35.5. The van der Waals surface area contributed by atoms with Crippen LogP contribution in [0, 0.1) is 10.1 Å². The van der Waals surface area contributed by atoms with Crippen molar-refractivity contribution >= 4 is 34.7 Å². The van der Waals surface area contributed by atoms with Crippen LogP contribution in [-0.4, -0.2) is 16.7 Å². The summed E-state index contributed by atoms with van der Waals surface area (Å²) < 4.78 is 0. The van der Waals surface area contributed by atoms with Crippen LogP contribution in [0.4, 0.5) is 16.2 Å². The largest absolute Gasteiger partial charge is 0.339 e. The highest BCUT2D eigenvalue weighted by molar-refractivity contribution is 6.32. The third kappa shape index (κ3) is 4.52. The average Bonchev–Trinajstić information content (AvgIpc) is 2.53. The maximum absolute atomic E-state index is 11.7. The third-order valence-corrected chi connectivity index (χ3v) is 3.24. The summed E-state index contributed by atoms with van der Waals surface area (Å²) in [5.41, 5.74) is 3.63. The number of nitro benzene ring substituents is 1. The minimum atomic E-state index is -0.575. The molecule has 0 spiro atoms. The van der Waals surface area contributed by atoms with Crippen LogP contribution in [0.2, 0.25) is 5.02 Å². The molecule has 0 aliphatic heterocycles. The SMILES string of the molecule is C/C(=N/NC(=O)Nc1ccccc1)c1ccc(Cl)c([N+](=O)[O-])c1. The van der Waals surface area contributed by atoms with E-state index in [1.165, 1.54) is 12.1 Å². The van der Waals surface area contributed by atoms with Gasteiger partial charge in [-0.3, -0.25) is 10.1 Å². The number of hydrogen-bond acceptors (Lipinski definition) is 4. The Morgan fingerprint density at radius 2 is 1.91 bits per heavy atom. The van der Waals surface area contributed by atoms with Crippen molar-refractivity contribution in [3.8, 4) is 0 Å². The topological polar surface area (TPSA) is 96.6 Å². The van der Waals surface area contributed by atoms with Crippen LogP contribution in [0.1, 0.15) is 12.5 Å². The van der Waals surface area contributed by atoms with E-state index >= 15 is 0 Å². The highest BCUT2D eigenvalue weighted by Gasteiger charge is 2.13. The van der Waals surface area contributed by atoms with E-state index in [-0.39, 0.29) is 10.7 Å². The minimum absolute atomic E-state index is 0.0429. The van der Waals surface area contributed by atoms with E-state index in [9.17, 15) is 14.9 Å². The fraction of sp³-hybridized carbons (Fsp3) is 0.0667. The van der Waals surface area contributed by atoms with E-state index in [0.717, 1.165) is 0 Å². The number of hydrogen-bond donors (Lipinski definition) is 2. The number of nitro groups is 1. The summed E-state index contributed by atoms with van der Waals surface area (Å²) in [6.07, 6.45) is 0. The maximum atomic E-state index is 11.7. The normalized spacial score (nSPS) is 11.0. The van der Waals surface area contributed by atoms with Gasteiger partial charge in [0.25, 0.3) is 5.69 Å². The summed E-state index contributed by atoms with van der Waals surface area (Å²) in [4.78, 5) is 22.0. The second-order valence-corrected chi connectivity index (χ2v) is 4.96. The van der Waals surface area contributed by atoms with Crippen molar-refractivity contribution in [3.05, 3.63) is 69.2 Å². The van der Waals surface area contributed by atoms with Gasteiger partial charge >= 0.3 is 6.03 Å². The van der Waals surface area contributed by atoms with E-state index in [1.807, 2.05) is 6.07 Å². The molecule has 0 radical (unpaired) electrons. The summed E-state index contributed by atoms with van der Waals surface area (Å²) in [5, 5.41) is 17.4. The molecule has 0 bridgehead atoms. The molecule has 8 heteroatoms. The van der Waals surface area contributed by atoms with Crippen LogP contribution >= 0.6 is 11.6 Å². The van der Waals surface area contributed by atoms with Gasteiger partial charge in [-0.15, -0.1) is 0 Å². The second-order valence-electron chi connectivity index (χ2n) is 4.55. The van der Waals surface area contributed by atoms with Gasteiger partial charge in [-0.05, 0) is 25.1 Å². The summed E-state index contributed by atoms with van der Waals surface area (Å²) in [6.45, 7) is 1.62. The van der Waals surface area contributed by atoms with Crippen molar-refractivity contribution < 1.29 is 9.72 Å². The Hall–Kier alpha value is -2.93. The zero-order valence-corrected chi connectivity index (χ0v) is 12.9. The van der Waals surface area contributed by atoms with Gasteiger partial charge in [0.15, 0.2) is 0 Å². The molecule has 2 aromatic rings. The molecule has 2 amide bonds. The molecule has 0 heterocycles. The van der Waals surface area contributed by atoms with E-state index in [4.69, 9.17) is 11.6 Å². The van der Waals surface area contributed by atoms with Crippen LogP contribution in [-0.2, 0) is 0 Å². The van der Waals surface area contributed by atoms with Gasteiger partial charge in [0.05, 0.1) is 10.6 Å². The maximum Gasteiger partial charge on any atom is 0.339 e. The molecule has 0 fully saturated rings. The predicted octanol–water partition coefficient (Wildman–Crippen LogP) is 3.79. The Balaban J connectivity index is 2.06. The molecule has 0 unspecified atom stereocenters. The molecule has 23 heavy (non-hydrogen) atoms. The minimum Gasteiger partial charge on any atom is -0.307 e. The zero-order valence-electron chi connectivity index (χ0n) is 12.1. The summed E-state index contributed by atoms with van der Waals surface area (Å²) in [7, 11) is 0. The first kappa shape index (κ1) is 16.4. The van der Waals surface area contributed by atoms with Crippen LogP contribution in [0.15, 0.2) is 53.6 Å². The number of nitrogens with zero attached hydrogens (tertiary/aromatic N) is 2. The number of para-hydroxylation sites is 1. The van der Waals surface area contributed by atoms with Crippen LogP contribution < -0.4 is 10.7 Å². The van der Waals surface area contributed by atoms with Crippen molar-refractivity contribution in [3.63, 3.8) is 0 Å². The van der Waals surface area contributed by atoms with Crippen molar-refractivity contribution in [1.82, 2.24) is 5.43 Å². The number of carbonyl (C=O) groups excluding carboxylic acids is 1. The molecule has 7 nitrogen and oxygen atoms in total. The molecule has 0 saturated carbocycles. The van der Waals surface area contributed by atoms with Gasteiger partial charge in [0.2, 0.25) is 0 Å². The van der Waals surface area contributed by atoms with E-state index in [0.29, 0.717) is 17.0 Å². The van der Waals surface area contributed by atoms with Crippen LogP contribution in [0.5, 0.6) is 0 Å². The lowest BCUT2D eigenvalue weighted by Crippen LogP contribution is -2.25. The lowest BCUT2D eigenvalue weighted by Gasteiger charge is -2.05. The molecule has 2 rings (SSSR count). The zero-order chi connectivity index (χ0) is 16.8. The molecular weight excluding hydrogens is 320 g/mol. The van der Waals surface area contributed by atoms with Crippen LogP contribution in [0.3, 0.4) is 0 Å². The monoisotopic (exact) mass is 332 g/mol. The van der Waals surface area contributed by atoms with E-state index in [1.54, 1.807) is 37.3 Å². The van der Waals surface area contributed by atoms with Crippen molar-refractivity contribution in [2.45, 2.75) is 6.92 Å². The molecule has 0 saturated heterocycles. The van der Waals surface area contributed by atoms with Crippen LogP contribution in [0.25, 0.3) is 0 Å². The lowest BCUT2D eigenvalue weighted by atomic mass is 10.1. The van der Waals surface area contributed by atoms with Gasteiger partial charge in [0, 0.05) is 17.3 Å². The number of nitrogens with one attached hydrogen (secondary N) is 2. The third-order valence-electron chi connectivity index (χ3n) is 2.92. The first-order valence-electron chi connectivity index (χ1n) is 6.58. The molecule has 0 atom stereocenters. The fourth-order valence-electron chi connectivity index (χ4n) is 1.76. The van der Waals surface area contributed by atoms with E-state index in [2.05, 4.69) is 15.8 Å². The van der Waals surface area contributed by atoms with Crippen molar-refractivity contribution in [1.29, 1.82) is 0 Å².